The van der Waals surface area contributed by atoms with Crippen molar-refractivity contribution >= 4 is 86.9 Å². The zero-order valence-electron chi connectivity index (χ0n) is 34.0. The Kier molecular flexibility index (Phi) is 10.9. The van der Waals surface area contributed by atoms with E-state index < -0.39 is 17.4 Å². The average molecular weight is 891 g/mol. The van der Waals surface area contributed by atoms with Crippen molar-refractivity contribution in [2.24, 2.45) is 0 Å². The van der Waals surface area contributed by atoms with Crippen LogP contribution in [0.25, 0.3) is 77.5 Å². The van der Waals surface area contributed by atoms with E-state index in [4.69, 9.17) is 0 Å². The Balaban J connectivity index is 0.00000235. The predicted molar refractivity (Wildman–Crippen MR) is 260 cm³/mol. The van der Waals surface area contributed by atoms with Crippen molar-refractivity contribution in [3.8, 4) is 22.3 Å². The summed E-state index contributed by atoms with van der Waals surface area (Å²) in [4.78, 5) is 0. The summed E-state index contributed by atoms with van der Waals surface area (Å²) in [7, 11) is 0. The van der Waals surface area contributed by atoms with E-state index in [9.17, 15) is 0 Å². The molecule has 2 atom stereocenters. The number of fused-ring (bicyclic) bond motifs is 8. The number of hydrogen-bond acceptors (Lipinski definition) is 0. The predicted octanol–water partition coefficient (Wildman–Crippen LogP) is 16.0. The third-order valence-electron chi connectivity index (χ3n) is 13.4. The van der Waals surface area contributed by atoms with Crippen LogP contribution < -0.4 is 0 Å². The van der Waals surface area contributed by atoms with Crippen molar-refractivity contribution in [3.63, 3.8) is 0 Å². The van der Waals surface area contributed by atoms with Crippen molar-refractivity contribution in [1.82, 2.24) is 0 Å². The maximum Gasteiger partial charge on any atom is -0.147 e. The second-order valence-corrected chi connectivity index (χ2v) is 48.2. The molecule has 8 aromatic rings. The van der Waals surface area contributed by atoms with Crippen molar-refractivity contribution in [3.05, 3.63) is 179 Å². The molecule has 0 radical (unpaired) electrons. The molecule has 0 amide bonds. The van der Waals surface area contributed by atoms with E-state index in [1.165, 1.54) is 76.5 Å². The Morgan fingerprint density at radius 3 is 1.19 bits per heavy atom. The summed E-state index contributed by atoms with van der Waals surface area (Å²) in [6.45, 7) is 7.24. The topological polar surface area (TPSA) is 0 Å². The van der Waals surface area contributed by atoms with Gasteiger partial charge in [0.1, 0.15) is 0 Å². The standard InChI is InChI=1S/2C26H21.2CH3.2ClH.H2Si.Zr/c2*1-2-8-18-15-19-10-7-14-24(25(19)16-18)26-17-20-9-3-4-11-21(20)22-12-5-6-13-23(22)26;;;;;;/h2*3-7,9-17H,2,8H2,1H3;2*1H3;2*1H;1H2;. The SMILES string of the molecule is CCCC1=Cc2c(-c3cc4ccccc4c4ccccc34)cccc2[CH]1[Zr]([CH3])([CH3])(=[SiH2])[CH]1C(CCC)=Cc2c(-c3cc4ccccc4c4ccccc34)cccc21.Cl.Cl. The molecule has 10 rings (SSSR count). The first-order chi connectivity index (χ1) is 27.3. The third-order valence-corrected chi connectivity index (χ3v) is 30.9. The zero-order chi connectivity index (χ0) is 38.2. The number of rotatable bonds is 8. The van der Waals surface area contributed by atoms with Crippen LogP contribution in [0.15, 0.2) is 157 Å². The largest absolute Gasteiger partial charge is 0.147 e. The van der Waals surface area contributed by atoms with Gasteiger partial charge >= 0.3 is 337 Å². The molecule has 0 saturated heterocycles. The van der Waals surface area contributed by atoms with Gasteiger partial charge in [-0.15, -0.1) is 24.8 Å². The molecule has 0 nitrogen and oxygen atoms in total. The smallest absolute Gasteiger partial charge is 0.147 e. The van der Waals surface area contributed by atoms with Gasteiger partial charge in [-0.3, -0.25) is 0 Å². The molecular weight excluding hydrogens is 839 g/mol. The second-order valence-electron chi connectivity index (χ2n) is 17.7. The molecular formula is C54H52Cl2SiZr. The van der Waals surface area contributed by atoms with Crippen molar-refractivity contribution < 1.29 is 17.4 Å². The van der Waals surface area contributed by atoms with Gasteiger partial charge in [0.2, 0.25) is 0 Å². The van der Waals surface area contributed by atoms with E-state index in [0.29, 0.717) is 7.25 Å². The molecule has 0 aliphatic heterocycles. The Labute approximate surface area is 358 Å². The van der Waals surface area contributed by atoms with Gasteiger partial charge in [0.15, 0.2) is 0 Å². The third kappa shape index (κ3) is 6.33. The van der Waals surface area contributed by atoms with Gasteiger partial charge in [0, 0.05) is 0 Å². The van der Waals surface area contributed by atoms with Crippen LogP contribution in [0.2, 0.25) is 9.26 Å². The fraction of sp³-hybridized carbons (Fsp3) is 0.185. The molecule has 58 heavy (non-hydrogen) atoms. The summed E-state index contributed by atoms with van der Waals surface area (Å²) >= 11 is -3.87. The van der Waals surface area contributed by atoms with Crippen LogP contribution in [0.3, 0.4) is 0 Å². The summed E-state index contributed by atoms with van der Waals surface area (Å²) in [5.74, 6) is 0. The molecule has 0 aromatic heterocycles. The molecule has 0 bridgehead atoms. The minimum atomic E-state index is -3.87. The van der Waals surface area contributed by atoms with E-state index in [0.717, 1.165) is 25.7 Å². The molecule has 0 spiro atoms. The summed E-state index contributed by atoms with van der Waals surface area (Å²) in [6, 6.07) is 55.4. The first-order valence-corrected chi connectivity index (χ1v) is 34.5. The Bertz CT molecular complexity index is 2850. The van der Waals surface area contributed by atoms with Crippen LogP contribution in [0.4, 0.5) is 0 Å². The molecule has 0 N–H and O–H groups in total. The second kappa shape index (κ2) is 15.5. The van der Waals surface area contributed by atoms with Crippen LogP contribution in [-0.2, 0) is 17.4 Å². The van der Waals surface area contributed by atoms with Crippen LogP contribution in [0.1, 0.15) is 69.0 Å². The maximum atomic E-state index is 2.82. The quantitative estimate of drug-likeness (QED) is 0.105. The van der Waals surface area contributed by atoms with Gasteiger partial charge in [-0.2, -0.15) is 0 Å². The summed E-state index contributed by atoms with van der Waals surface area (Å²) < 4.78 is 6.61. The minimum absolute atomic E-state index is 0. The molecule has 0 fully saturated rings. The van der Waals surface area contributed by atoms with E-state index in [1.807, 2.05) is 0 Å². The molecule has 2 aliphatic carbocycles. The van der Waals surface area contributed by atoms with Gasteiger partial charge in [0.05, 0.1) is 0 Å². The van der Waals surface area contributed by atoms with E-state index in [1.54, 1.807) is 22.3 Å². The van der Waals surface area contributed by atoms with E-state index in [2.05, 4.69) is 188 Å². The van der Waals surface area contributed by atoms with Gasteiger partial charge < -0.3 is 0 Å². The molecule has 2 aliphatic rings. The fourth-order valence-electron chi connectivity index (χ4n) is 11.4. The Morgan fingerprint density at radius 2 is 0.793 bits per heavy atom. The molecule has 290 valence electrons. The van der Waals surface area contributed by atoms with Crippen molar-refractivity contribution in [1.29, 1.82) is 0 Å². The minimum Gasteiger partial charge on any atom is -0.147 e. The fourth-order valence-corrected chi connectivity index (χ4v) is 31.3. The first kappa shape index (κ1) is 40.7. The van der Waals surface area contributed by atoms with Crippen LogP contribution in [-0.4, -0.2) is 6.88 Å². The zero-order valence-corrected chi connectivity index (χ0v) is 39.5. The summed E-state index contributed by atoms with van der Waals surface area (Å²) in [5.41, 5.74) is 14.9. The Morgan fingerprint density at radius 1 is 0.431 bits per heavy atom. The number of benzene rings is 8. The Hall–Kier alpha value is -4.04. The number of hydrogen-bond donors (Lipinski definition) is 0. The van der Waals surface area contributed by atoms with E-state index >= 15 is 0 Å². The number of allylic oxidation sites excluding steroid dienone is 2. The van der Waals surface area contributed by atoms with Crippen molar-refractivity contribution in [2.75, 3.05) is 0 Å². The average Bonchev–Trinajstić information content (AvgIpc) is 3.80. The molecule has 0 saturated carbocycles. The molecule has 8 aromatic carbocycles. The maximum absolute atomic E-state index is 3.87. The van der Waals surface area contributed by atoms with Gasteiger partial charge in [0.25, 0.3) is 0 Å². The monoisotopic (exact) mass is 888 g/mol. The summed E-state index contributed by atoms with van der Waals surface area (Å²) in [6.07, 6.45) is 9.95. The summed E-state index contributed by atoms with van der Waals surface area (Å²) in [5, 5.41) is 10.6. The van der Waals surface area contributed by atoms with E-state index in [-0.39, 0.29) is 24.8 Å². The van der Waals surface area contributed by atoms with Gasteiger partial charge in [-0.05, 0) is 0 Å². The van der Waals surface area contributed by atoms with Crippen LogP contribution >= 0.6 is 24.8 Å². The molecule has 2 unspecified atom stereocenters. The first-order valence-electron chi connectivity index (χ1n) is 20.8. The van der Waals surface area contributed by atoms with Crippen LogP contribution in [0.5, 0.6) is 0 Å². The van der Waals surface area contributed by atoms with Crippen LogP contribution in [0, 0.1) is 0 Å². The molecule has 4 heteroatoms. The molecule has 0 heterocycles. The van der Waals surface area contributed by atoms with Crippen molar-refractivity contribution in [2.45, 2.75) is 56.0 Å². The van der Waals surface area contributed by atoms with Gasteiger partial charge in [-0.1, -0.05) is 0 Å². The number of halogens is 2. The normalized spacial score (nSPS) is 16.2. The van der Waals surface area contributed by atoms with Gasteiger partial charge in [-0.25, -0.2) is 0 Å².